The highest BCUT2D eigenvalue weighted by atomic mass is 16.5. The van der Waals surface area contributed by atoms with Gasteiger partial charge in [-0.25, -0.2) is 0 Å². The summed E-state index contributed by atoms with van der Waals surface area (Å²) in [5.41, 5.74) is 4.25. The highest BCUT2D eigenvalue weighted by Crippen LogP contribution is 2.47. The number of aliphatic hydroxyl groups is 3. The second-order valence-electron chi connectivity index (χ2n) is 12.8. The van der Waals surface area contributed by atoms with Crippen molar-refractivity contribution in [3.8, 4) is 11.5 Å². The lowest BCUT2D eigenvalue weighted by Crippen LogP contribution is -2.34. The Morgan fingerprint density at radius 2 is 2.09 bits per heavy atom. The standard InChI is InChI=1S/C35H50N2O6/c1-3-4-8-34-25(20-38)16-26(43-34)12-9-23-10-14-32(40)35(15-23)42-21-33(41)31-17-28-29(19-36-18-22(2)39)27-7-5-6-24(27)11-13-30(28)37-31/h10,14-17,22,24,27,29,33-34,36,38-41H,3-9,11-13,18-21H2,1-2H3/t22-,24+,27-,29-,33-,34?/m0/s1. The van der Waals surface area contributed by atoms with Crippen LogP contribution in [0.5, 0.6) is 11.5 Å². The Balaban J connectivity index is 1.18. The number of aromatic hydroxyl groups is 1. The number of nitrogens with one attached hydrogen (secondary N) is 1. The topological polar surface area (TPSA) is 124 Å². The van der Waals surface area contributed by atoms with E-state index < -0.39 is 6.10 Å². The molecule has 2 saturated carbocycles. The largest absolute Gasteiger partial charge is 0.504 e. The number of rotatable bonds is 15. The van der Waals surface area contributed by atoms with Gasteiger partial charge in [0.15, 0.2) is 29.4 Å². The fourth-order valence-corrected chi connectivity index (χ4v) is 7.26. The molecule has 5 rings (SSSR count). The summed E-state index contributed by atoms with van der Waals surface area (Å²) in [7, 11) is 0. The van der Waals surface area contributed by atoms with Gasteiger partial charge in [-0.1, -0.05) is 51.2 Å². The number of hydrogen-bond acceptors (Lipinski definition) is 8. The van der Waals surface area contributed by atoms with Crippen molar-refractivity contribution in [1.82, 2.24) is 5.32 Å². The molecule has 2 fully saturated rings. The maximum absolute atomic E-state index is 11.1. The maximum Gasteiger partial charge on any atom is 0.189 e. The van der Waals surface area contributed by atoms with Crippen LogP contribution in [0.1, 0.15) is 77.2 Å². The molecule has 236 valence electrons. The number of fused-ring (bicyclic) bond motifs is 2. The summed E-state index contributed by atoms with van der Waals surface area (Å²) in [5, 5.41) is 44.5. The van der Waals surface area contributed by atoms with Crippen LogP contribution in [0.25, 0.3) is 0 Å². The van der Waals surface area contributed by atoms with Crippen molar-refractivity contribution in [2.24, 2.45) is 22.7 Å². The second-order valence-corrected chi connectivity index (χ2v) is 12.8. The Morgan fingerprint density at radius 1 is 1.23 bits per heavy atom. The lowest BCUT2D eigenvalue weighted by molar-refractivity contribution is 0.103. The van der Waals surface area contributed by atoms with Gasteiger partial charge >= 0.3 is 0 Å². The molecule has 0 bridgehead atoms. The number of hydrogen-bond donors (Lipinski definition) is 5. The SMILES string of the molecule is CCCCC1O[C-](CCc2ccc(O)c(OC[C@H](O)[C+]3C=C4C(=N3)CC[C@H]3CCC[C@@H]3[C@@H]4CNC[C@H](C)O)c2)C=C1CO. The minimum Gasteiger partial charge on any atom is -0.504 e. The first-order chi connectivity index (χ1) is 20.9. The number of phenols is 1. The van der Waals surface area contributed by atoms with E-state index in [1.165, 1.54) is 24.8 Å². The molecule has 4 aliphatic rings. The zero-order valence-electron chi connectivity index (χ0n) is 25.8. The van der Waals surface area contributed by atoms with Gasteiger partial charge in [-0.15, -0.1) is 4.99 Å². The van der Waals surface area contributed by atoms with Gasteiger partial charge in [0, 0.05) is 32.2 Å². The summed E-state index contributed by atoms with van der Waals surface area (Å²) in [5.74, 6) is 2.02. The molecule has 0 aromatic heterocycles. The average Bonchev–Trinajstić information content (AvgIpc) is 3.72. The minimum absolute atomic E-state index is 0.00784. The highest BCUT2D eigenvalue weighted by molar-refractivity contribution is 6.04. The van der Waals surface area contributed by atoms with Gasteiger partial charge in [0.25, 0.3) is 0 Å². The van der Waals surface area contributed by atoms with Gasteiger partial charge in [-0.3, -0.25) is 0 Å². The molecule has 1 aromatic rings. The first-order valence-electron chi connectivity index (χ1n) is 16.4. The molecule has 6 atom stereocenters. The fourth-order valence-electron chi connectivity index (χ4n) is 7.26. The lowest BCUT2D eigenvalue weighted by Gasteiger charge is -2.24. The molecule has 1 aromatic carbocycles. The number of phenolic OH excluding ortho intramolecular Hbond substituents is 1. The Kier molecular flexibility index (Phi) is 11.1. The summed E-state index contributed by atoms with van der Waals surface area (Å²) < 4.78 is 12.0. The van der Waals surface area contributed by atoms with E-state index in [4.69, 9.17) is 14.5 Å². The average molecular weight is 595 g/mol. The molecule has 1 unspecified atom stereocenters. The van der Waals surface area contributed by atoms with Gasteiger partial charge < -0.3 is 35.2 Å². The molecule has 5 N–H and O–H groups in total. The molecule has 0 radical (unpaired) electrons. The predicted molar refractivity (Wildman–Crippen MR) is 168 cm³/mol. The number of benzene rings is 1. The smallest absolute Gasteiger partial charge is 0.189 e. The number of unbranched alkanes of at least 4 members (excludes halogenated alkanes) is 1. The molecule has 43 heavy (non-hydrogen) atoms. The van der Waals surface area contributed by atoms with E-state index in [0.29, 0.717) is 48.9 Å². The van der Waals surface area contributed by atoms with E-state index in [1.807, 2.05) is 18.2 Å². The molecule has 2 aliphatic carbocycles. The van der Waals surface area contributed by atoms with Crippen LogP contribution in [0.15, 0.2) is 46.5 Å². The van der Waals surface area contributed by atoms with E-state index in [9.17, 15) is 20.4 Å². The normalized spacial score (nSPS) is 26.4. The van der Waals surface area contributed by atoms with Crippen LogP contribution in [-0.4, -0.2) is 70.8 Å². The summed E-state index contributed by atoms with van der Waals surface area (Å²) in [6.07, 6.45) is 13.9. The van der Waals surface area contributed by atoms with E-state index in [0.717, 1.165) is 61.6 Å². The molecule has 2 heterocycles. The van der Waals surface area contributed by atoms with Crippen LogP contribution in [0.4, 0.5) is 0 Å². The third-order valence-electron chi connectivity index (χ3n) is 9.57. The number of aliphatic imine (C=N–C) groups is 1. The molecule has 0 spiro atoms. The Morgan fingerprint density at radius 3 is 2.88 bits per heavy atom. The molecular weight excluding hydrogens is 544 g/mol. The van der Waals surface area contributed by atoms with Crippen molar-refractivity contribution in [3.63, 3.8) is 0 Å². The number of nitrogens with zero attached hydrogens (tertiary/aromatic N) is 1. The monoisotopic (exact) mass is 594 g/mol. The van der Waals surface area contributed by atoms with E-state index in [1.54, 1.807) is 13.0 Å². The van der Waals surface area contributed by atoms with Crippen molar-refractivity contribution >= 4 is 5.71 Å². The number of ether oxygens (including phenoxy) is 2. The van der Waals surface area contributed by atoms with Crippen LogP contribution < -0.4 is 10.1 Å². The third kappa shape index (κ3) is 7.97. The van der Waals surface area contributed by atoms with Crippen LogP contribution in [-0.2, 0) is 11.2 Å². The zero-order chi connectivity index (χ0) is 30.3. The summed E-state index contributed by atoms with van der Waals surface area (Å²) >= 11 is 0. The van der Waals surface area contributed by atoms with Gasteiger partial charge in [0.05, 0.1) is 18.1 Å². The predicted octanol–water partition coefficient (Wildman–Crippen LogP) is 4.81. The van der Waals surface area contributed by atoms with Crippen molar-refractivity contribution in [3.05, 3.63) is 59.2 Å². The number of aryl methyl sites for hydroxylation is 1. The molecule has 0 amide bonds. The summed E-state index contributed by atoms with van der Waals surface area (Å²) in [6, 6.07) is 5.94. The lowest BCUT2D eigenvalue weighted by atomic mass is 9.80. The fraction of sp³-hybridized carbons (Fsp3) is 0.629. The molecule has 8 nitrogen and oxygen atoms in total. The summed E-state index contributed by atoms with van der Waals surface area (Å²) in [4.78, 5) is 4.89. The molecule has 8 heteroatoms. The van der Waals surface area contributed by atoms with Gasteiger partial charge in [-0.05, 0) is 62.1 Å². The maximum atomic E-state index is 11.1. The first kappa shape index (κ1) is 31.9. The van der Waals surface area contributed by atoms with Gasteiger partial charge in [0.1, 0.15) is 12.2 Å². The van der Waals surface area contributed by atoms with Crippen LogP contribution in [0.3, 0.4) is 0 Å². The Labute approximate surface area is 256 Å². The van der Waals surface area contributed by atoms with Crippen LogP contribution in [0.2, 0.25) is 0 Å². The molecule has 2 aliphatic heterocycles. The van der Waals surface area contributed by atoms with Crippen molar-refractivity contribution < 1.29 is 29.9 Å². The number of aliphatic hydroxyl groups excluding tert-OH is 3. The summed E-state index contributed by atoms with van der Waals surface area (Å²) in [6.45, 7) is 5.32. The Bertz CT molecular complexity index is 1160. The molecular formula is C35H50N2O6. The second kappa shape index (κ2) is 15.0. The van der Waals surface area contributed by atoms with E-state index in [-0.39, 0.29) is 31.2 Å². The zero-order valence-corrected chi connectivity index (χ0v) is 25.8. The van der Waals surface area contributed by atoms with Crippen LogP contribution >= 0.6 is 0 Å². The van der Waals surface area contributed by atoms with Crippen molar-refractivity contribution in [2.45, 2.75) is 96.4 Å². The minimum atomic E-state index is -0.912. The molecule has 0 saturated heterocycles. The van der Waals surface area contributed by atoms with Crippen molar-refractivity contribution in [1.29, 1.82) is 0 Å². The van der Waals surface area contributed by atoms with Crippen LogP contribution in [0, 0.1) is 29.9 Å². The van der Waals surface area contributed by atoms with Crippen molar-refractivity contribution in [2.75, 3.05) is 26.3 Å². The third-order valence-corrected chi connectivity index (χ3v) is 9.57. The quantitative estimate of drug-likeness (QED) is 0.185. The van der Waals surface area contributed by atoms with E-state index in [2.05, 4.69) is 18.3 Å². The Hall–Kier alpha value is -2.49. The van der Waals surface area contributed by atoms with E-state index >= 15 is 0 Å². The first-order valence-corrected chi connectivity index (χ1v) is 16.4. The van der Waals surface area contributed by atoms with Gasteiger partial charge in [0.2, 0.25) is 0 Å². The van der Waals surface area contributed by atoms with Gasteiger partial charge in [-0.2, -0.15) is 11.6 Å². The highest BCUT2D eigenvalue weighted by Gasteiger charge is 2.47.